The van der Waals surface area contributed by atoms with Gasteiger partial charge in [0.05, 0.1) is 38.6 Å². The summed E-state index contributed by atoms with van der Waals surface area (Å²) in [5.41, 5.74) is -0.0823. The summed E-state index contributed by atoms with van der Waals surface area (Å²) < 4.78 is 21.5. The monoisotopic (exact) mass is 218 g/mol. The van der Waals surface area contributed by atoms with Crippen molar-refractivity contribution < 1.29 is 18.9 Å². The van der Waals surface area contributed by atoms with Gasteiger partial charge in [0.2, 0.25) is 0 Å². The molecule has 0 bridgehead atoms. The van der Waals surface area contributed by atoms with Gasteiger partial charge in [0.1, 0.15) is 0 Å². The second-order valence-corrected chi connectivity index (χ2v) is 4.53. The van der Waals surface area contributed by atoms with E-state index in [0.717, 1.165) is 6.42 Å². The molecule has 0 aliphatic carbocycles. The number of ether oxygens (including phenoxy) is 4. The van der Waals surface area contributed by atoms with E-state index in [1.807, 2.05) is 20.8 Å². The lowest BCUT2D eigenvalue weighted by molar-refractivity contribution is -0.0726. The minimum atomic E-state index is -0.0823. The van der Waals surface area contributed by atoms with Gasteiger partial charge < -0.3 is 18.9 Å². The lowest BCUT2D eigenvalue weighted by atomic mass is 10.2. The Morgan fingerprint density at radius 3 is 2.33 bits per heavy atom. The van der Waals surface area contributed by atoms with Crippen LogP contribution < -0.4 is 0 Å². The summed E-state index contributed by atoms with van der Waals surface area (Å²) in [6.07, 6.45) is 0.740. The van der Waals surface area contributed by atoms with E-state index in [1.54, 1.807) is 0 Å². The molecule has 1 saturated heterocycles. The van der Waals surface area contributed by atoms with Gasteiger partial charge in [0.25, 0.3) is 0 Å². The first-order chi connectivity index (χ1) is 7.08. The Morgan fingerprint density at radius 2 is 1.73 bits per heavy atom. The summed E-state index contributed by atoms with van der Waals surface area (Å²) in [6, 6.07) is 0. The van der Waals surface area contributed by atoms with Gasteiger partial charge in [-0.1, -0.05) is 0 Å². The van der Waals surface area contributed by atoms with Crippen molar-refractivity contribution in [2.24, 2.45) is 0 Å². The molecule has 0 radical (unpaired) electrons. The molecule has 0 saturated carbocycles. The Bertz CT molecular complexity index is 158. The number of hydrogen-bond acceptors (Lipinski definition) is 4. The van der Waals surface area contributed by atoms with Gasteiger partial charge >= 0.3 is 0 Å². The van der Waals surface area contributed by atoms with Crippen LogP contribution in [-0.2, 0) is 18.9 Å². The molecule has 15 heavy (non-hydrogen) atoms. The maximum atomic E-state index is 5.51. The highest BCUT2D eigenvalue weighted by Crippen LogP contribution is 2.08. The molecule has 1 aliphatic heterocycles. The Morgan fingerprint density at radius 1 is 1.07 bits per heavy atom. The SMILES string of the molecule is CC(C)(C)OCCOCCC1OCCO1. The Labute approximate surface area is 91.8 Å². The Hall–Kier alpha value is -0.160. The average Bonchev–Trinajstić information content (AvgIpc) is 2.61. The molecule has 1 rings (SSSR count). The van der Waals surface area contributed by atoms with Crippen LogP contribution in [0, 0.1) is 0 Å². The van der Waals surface area contributed by atoms with Crippen LogP contribution >= 0.6 is 0 Å². The van der Waals surface area contributed by atoms with Crippen LogP contribution in [0.1, 0.15) is 27.2 Å². The van der Waals surface area contributed by atoms with Crippen LogP contribution in [0.25, 0.3) is 0 Å². The third-order valence-corrected chi connectivity index (χ3v) is 1.95. The van der Waals surface area contributed by atoms with E-state index in [0.29, 0.717) is 33.0 Å². The molecule has 1 aliphatic rings. The fourth-order valence-electron chi connectivity index (χ4n) is 1.26. The average molecular weight is 218 g/mol. The van der Waals surface area contributed by atoms with Crippen molar-refractivity contribution in [3.8, 4) is 0 Å². The minimum Gasteiger partial charge on any atom is -0.379 e. The third kappa shape index (κ3) is 6.84. The predicted molar refractivity (Wildman–Crippen MR) is 56.8 cm³/mol. The largest absolute Gasteiger partial charge is 0.379 e. The van der Waals surface area contributed by atoms with E-state index in [9.17, 15) is 0 Å². The van der Waals surface area contributed by atoms with Crippen molar-refractivity contribution in [2.45, 2.75) is 39.1 Å². The van der Waals surface area contributed by atoms with Crippen molar-refractivity contribution in [2.75, 3.05) is 33.0 Å². The second-order valence-electron chi connectivity index (χ2n) is 4.53. The molecule has 0 atom stereocenters. The van der Waals surface area contributed by atoms with Gasteiger partial charge in [0.15, 0.2) is 6.29 Å². The van der Waals surface area contributed by atoms with Crippen LogP contribution in [0.5, 0.6) is 0 Å². The van der Waals surface area contributed by atoms with Gasteiger partial charge in [-0.2, -0.15) is 0 Å². The highest BCUT2D eigenvalue weighted by molar-refractivity contribution is 4.58. The molecule has 90 valence electrons. The van der Waals surface area contributed by atoms with Crippen LogP contribution in [0.4, 0.5) is 0 Å². The molecule has 0 aromatic rings. The first kappa shape index (κ1) is 12.9. The van der Waals surface area contributed by atoms with Crippen molar-refractivity contribution >= 4 is 0 Å². The second kappa shape index (κ2) is 6.43. The summed E-state index contributed by atoms with van der Waals surface area (Å²) in [6.45, 7) is 9.45. The first-order valence-electron chi connectivity index (χ1n) is 5.53. The number of hydrogen-bond donors (Lipinski definition) is 0. The van der Waals surface area contributed by atoms with Gasteiger partial charge in [-0.3, -0.25) is 0 Å². The molecular weight excluding hydrogens is 196 g/mol. The summed E-state index contributed by atoms with van der Waals surface area (Å²) in [5, 5.41) is 0. The van der Waals surface area contributed by atoms with E-state index in [2.05, 4.69) is 0 Å². The lowest BCUT2D eigenvalue weighted by Crippen LogP contribution is -2.22. The van der Waals surface area contributed by atoms with Crippen LogP contribution in [0.15, 0.2) is 0 Å². The fraction of sp³-hybridized carbons (Fsp3) is 1.00. The maximum absolute atomic E-state index is 5.51. The van der Waals surface area contributed by atoms with Crippen LogP contribution in [-0.4, -0.2) is 44.9 Å². The molecular formula is C11H22O4. The van der Waals surface area contributed by atoms with Gasteiger partial charge in [-0.05, 0) is 20.8 Å². The number of rotatable bonds is 6. The zero-order chi connectivity index (χ0) is 11.1. The summed E-state index contributed by atoms with van der Waals surface area (Å²) >= 11 is 0. The van der Waals surface area contributed by atoms with Gasteiger partial charge in [-0.25, -0.2) is 0 Å². The standard InChI is InChI=1S/C11H22O4/c1-11(2,3)15-9-6-12-5-4-10-13-7-8-14-10/h10H,4-9H2,1-3H3. The first-order valence-corrected chi connectivity index (χ1v) is 5.53. The van der Waals surface area contributed by atoms with Crippen molar-refractivity contribution in [1.29, 1.82) is 0 Å². The highest BCUT2D eigenvalue weighted by Gasteiger charge is 2.15. The van der Waals surface area contributed by atoms with Gasteiger partial charge in [-0.15, -0.1) is 0 Å². The molecule has 4 heteroatoms. The van der Waals surface area contributed by atoms with E-state index in [-0.39, 0.29) is 11.9 Å². The zero-order valence-corrected chi connectivity index (χ0v) is 9.95. The van der Waals surface area contributed by atoms with Gasteiger partial charge in [0, 0.05) is 6.42 Å². The van der Waals surface area contributed by atoms with E-state index in [4.69, 9.17) is 18.9 Å². The smallest absolute Gasteiger partial charge is 0.160 e. The Kier molecular flexibility index (Phi) is 5.53. The third-order valence-electron chi connectivity index (χ3n) is 1.95. The highest BCUT2D eigenvalue weighted by atomic mass is 16.7. The zero-order valence-electron chi connectivity index (χ0n) is 9.95. The quantitative estimate of drug-likeness (QED) is 0.634. The van der Waals surface area contributed by atoms with Crippen molar-refractivity contribution in [3.63, 3.8) is 0 Å². The summed E-state index contributed by atoms with van der Waals surface area (Å²) in [7, 11) is 0. The molecule has 1 fully saturated rings. The molecule has 0 spiro atoms. The maximum Gasteiger partial charge on any atom is 0.160 e. The van der Waals surface area contributed by atoms with Crippen LogP contribution in [0.3, 0.4) is 0 Å². The molecule has 0 aromatic carbocycles. The molecule has 0 amide bonds. The summed E-state index contributed by atoms with van der Waals surface area (Å²) in [5.74, 6) is 0. The lowest BCUT2D eigenvalue weighted by Gasteiger charge is -2.19. The molecule has 1 heterocycles. The molecule has 0 aromatic heterocycles. The minimum absolute atomic E-state index is 0.0615. The topological polar surface area (TPSA) is 36.9 Å². The van der Waals surface area contributed by atoms with E-state index < -0.39 is 0 Å². The van der Waals surface area contributed by atoms with Crippen molar-refractivity contribution in [1.82, 2.24) is 0 Å². The summed E-state index contributed by atoms with van der Waals surface area (Å²) in [4.78, 5) is 0. The fourth-order valence-corrected chi connectivity index (χ4v) is 1.26. The molecule has 4 nitrogen and oxygen atoms in total. The van der Waals surface area contributed by atoms with Crippen molar-refractivity contribution in [3.05, 3.63) is 0 Å². The predicted octanol–water partition coefficient (Wildman–Crippen LogP) is 1.58. The molecule has 0 N–H and O–H groups in total. The normalized spacial score (nSPS) is 18.6. The van der Waals surface area contributed by atoms with E-state index >= 15 is 0 Å². The Balaban J connectivity index is 1.84. The van der Waals surface area contributed by atoms with Crippen LogP contribution in [0.2, 0.25) is 0 Å². The van der Waals surface area contributed by atoms with E-state index in [1.165, 1.54) is 0 Å². The molecule has 0 unspecified atom stereocenters.